The Morgan fingerprint density at radius 3 is 2.71 bits per heavy atom. The van der Waals surface area contributed by atoms with Gasteiger partial charge in [0.25, 0.3) is 0 Å². The molecule has 5 rings (SSSR count). The minimum atomic E-state index is 0.151. The zero-order valence-electron chi connectivity index (χ0n) is 15.3. The van der Waals surface area contributed by atoms with E-state index in [1.165, 1.54) is 5.56 Å². The van der Waals surface area contributed by atoms with Crippen molar-refractivity contribution in [3.63, 3.8) is 0 Å². The number of benzene rings is 2. The summed E-state index contributed by atoms with van der Waals surface area (Å²) in [6.07, 6.45) is 5.36. The Morgan fingerprint density at radius 1 is 0.929 bits per heavy atom. The zero-order valence-corrected chi connectivity index (χ0v) is 15.3. The van der Waals surface area contributed by atoms with E-state index in [0.29, 0.717) is 0 Å². The molecule has 0 aliphatic carbocycles. The van der Waals surface area contributed by atoms with Crippen LogP contribution in [0.25, 0.3) is 33.2 Å². The molecule has 6 nitrogen and oxygen atoms in total. The molecule has 0 spiro atoms. The number of nitrogens with one attached hydrogen (secondary N) is 2. The number of H-pyrrole nitrogens is 1. The molecule has 3 heterocycles. The lowest BCUT2D eigenvalue weighted by molar-refractivity contribution is 0.874. The molecule has 0 saturated heterocycles. The second-order valence-corrected chi connectivity index (χ2v) is 6.73. The van der Waals surface area contributed by atoms with Crippen LogP contribution in [0.4, 0.5) is 5.82 Å². The summed E-state index contributed by atoms with van der Waals surface area (Å²) in [4.78, 5) is 13.6. The second kappa shape index (κ2) is 6.74. The predicted molar refractivity (Wildman–Crippen MR) is 111 cm³/mol. The second-order valence-electron chi connectivity index (χ2n) is 6.73. The lowest BCUT2D eigenvalue weighted by Crippen LogP contribution is -2.08. The highest BCUT2D eigenvalue weighted by Gasteiger charge is 2.10. The van der Waals surface area contributed by atoms with Crippen LogP contribution in [-0.4, -0.2) is 25.1 Å². The third kappa shape index (κ3) is 2.95. The molecule has 2 N–H and O–H groups in total. The minimum absolute atomic E-state index is 0.151. The van der Waals surface area contributed by atoms with E-state index < -0.39 is 0 Å². The van der Waals surface area contributed by atoms with Gasteiger partial charge in [0.05, 0.1) is 23.4 Å². The number of aromatic amines is 1. The molecule has 0 amide bonds. The van der Waals surface area contributed by atoms with Crippen LogP contribution in [0.5, 0.6) is 0 Å². The molecule has 28 heavy (non-hydrogen) atoms. The Hall–Kier alpha value is -3.80. The van der Waals surface area contributed by atoms with E-state index in [1.807, 2.05) is 30.3 Å². The highest BCUT2D eigenvalue weighted by molar-refractivity contribution is 5.94. The summed E-state index contributed by atoms with van der Waals surface area (Å²) in [7, 11) is 0. The molecule has 0 bridgehead atoms. The van der Waals surface area contributed by atoms with Gasteiger partial charge in [-0.3, -0.25) is 10.1 Å². The number of anilines is 1. The number of fused-ring (bicyclic) bond motifs is 2. The summed E-state index contributed by atoms with van der Waals surface area (Å²) in [6.45, 7) is 2.11. The Kier molecular flexibility index (Phi) is 3.94. The van der Waals surface area contributed by atoms with Crippen LogP contribution in [0.1, 0.15) is 18.5 Å². The van der Waals surface area contributed by atoms with E-state index in [4.69, 9.17) is 4.98 Å². The topological polar surface area (TPSA) is 79.4 Å². The summed E-state index contributed by atoms with van der Waals surface area (Å²) in [5, 5.41) is 11.4. The molecule has 0 fully saturated rings. The Balaban J connectivity index is 1.47. The van der Waals surface area contributed by atoms with E-state index in [9.17, 15) is 0 Å². The first-order chi connectivity index (χ1) is 13.8. The molecule has 1 atom stereocenters. The molecule has 0 saturated carbocycles. The normalized spacial score (nSPS) is 12.3. The molecule has 0 aliphatic heterocycles. The Bertz CT molecular complexity index is 1260. The van der Waals surface area contributed by atoms with Gasteiger partial charge >= 0.3 is 0 Å². The molecule has 5 aromatic rings. The first-order valence-corrected chi connectivity index (χ1v) is 9.15. The first kappa shape index (κ1) is 16.4. The molecule has 6 heteroatoms. The van der Waals surface area contributed by atoms with Crippen molar-refractivity contribution < 1.29 is 0 Å². The van der Waals surface area contributed by atoms with E-state index in [0.717, 1.165) is 39.0 Å². The number of nitrogens with zero attached hydrogens (tertiary/aromatic N) is 4. The van der Waals surface area contributed by atoms with Crippen LogP contribution >= 0.6 is 0 Å². The van der Waals surface area contributed by atoms with Gasteiger partial charge < -0.3 is 5.32 Å². The minimum Gasteiger partial charge on any atom is -0.362 e. The van der Waals surface area contributed by atoms with Gasteiger partial charge in [-0.15, -0.1) is 0 Å². The molecule has 0 unspecified atom stereocenters. The quantitative estimate of drug-likeness (QED) is 0.480. The first-order valence-electron chi connectivity index (χ1n) is 9.15. The van der Waals surface area contributed by atoms with Gasteiger partial charge in [-0.1, -0.05) is 36.4 Å². The van der Waals surface area contributed by atoms with E-state index in [1.54, 1.807) is 18.6 Å². The van der Waals surface area contributed by atoms with Crippen molar-refractivity contribution in [2.45, 2.75) is 13.0 Å². The summed E-state index contributed by atoms with van der Waals surface area (Å²) >= 11 is 0. The monoisotopic (exact) mass is 366 g/mol. The maximum atomic E-state index is 4.72. The maximum absolute atomic E-state index is 4.72. The smallest absolute Gasteiger partial charge is 0.155 e. The number of rotatable bonds is 4. The van der Waals surface area contributed by atoms with Gasteiger partial charge in [-0.25, -0.2) is 9.97 Å². The fraction of sp³-hybridized carbons (Fsp3) is 0.0909. The molecule has 2 aromatic carbocycles. The number of aromatic nitrogens is 5. The van der Waals surface area contributed by atoms with Crippen LogP contribution in [0, 0.1) is 0 Å². The lowest BCUT2D eigenvalue weighted by atomic mass is 10.0. The molecule has 0 radical (unpaired) electrons. The average molecular weight is 366 g/mol. The largest absolute Gasteiger partial charge is 0.362 e. The number of hydrogen-bond acceptors (Lipinski definition) is 5. The van der Waals surface area contributed by atoms with E-state index in [-0.39, 0.29) is 6.04 Å². The highest BCUT2D eigenvalue weighted by Crippen LogP contribution is 2.28. The van der Waals surface area contributed by atoms with Crippen LogP contribution in [0.2, 0.25) is 0 Å². The van der Waals surface area contributed by atoms with Crippen molar-refractivity contribution in [3.05, 3.63) is 78.8 Å². The summed E-state index contributed by atoms with van der Waals surface area (Å²) in [6, 6.07) is 18.5. The molecule has 3 aromatic heterocycles. The summed E-state index contributed by atoms with van der Waals surface area (Å²) in [5.74, 6) is 0.762. The maximum Gasteiger partial charge on any atom is 0.155 e. The van der Waals surface area contributed by atoms with Crippen LogP contribution in [0.3, 0.4) is 0 Å². The van der Waals surface area contributed by atoms with Crippen molar-refractivity contribution in [2.75, 3.05) is 5.32 Å². The lowest BCUT2D eigenvalue weighted by Gasteiger charge is -2.15. The van der Waals surface area contributed by atoms with Crippen molar-refractivity contribution in [2.24, 2.45) is 0 Å². The molecular weight excluding hydrogens is 348 g/mol. The van der Waals surface area contributed by atoms with Crippen molar-refractivity contribution in [3.8, 4) is 11.1 Å². The predicted octanol–water partition coefficient (Wildman–Crippen LogP) is 4.74. The van der Waals surface area contributed by atoms with Gasteiger partial charge in [-0.2, -0.15) is 5.10 Å². The van der Waals surface area contributed by atoms with E-state index in [2.05, 4.69) is 56.7 Å². The van der Waals surface area contributed by atoms with Gasteiger partial charge in [0.15, 0.2) is 5.65 Å². The van der Waals surface area contributed by atoms with Crippen molar-refractivity contribution >= 4 is 27.9 Å². The van der Waals surface area contributed by atoms with Crippen LogP contribution in [0.15, 0.2) is 73.2 Å². The van der Waals surface area contributed by atoms with Gasteiger partial charge in [0, 0.05) is 17.6 Å². The standard InChI is InChI=1S/C22H18N6/c1-14(15-5-3-2-4-6-15)26-21-13-24-20-11-16(7-8-19(20)27-21)17-9-10-23-22-18(17)12-25-28-22/h2-14H,1H3,(H,26,27)(H,23,25,28)/t14-/m1/s1. The molecule has 136 valence electrons. The van der Waals surface area contributed by atoms with Crippen molar-refractivity contribution in [1.29, 1.82) is 0 Å². The highest BCUT2D eigenvalue weighted by atomic mass is 15.1. The third-order valence-corrected chi connectivity index (χ3v) is 4.87. The third-order valence-electron chi connectivity index (χ3n) is 4.87. The van der Waals surface area contributed by atoms with Crippen molar-refractivity contribution in [1.82, 2.24) is 25.1 Å². The Labute approximate surface area is 161 Å². The van der Waals surface area contributed by atoms with Gasteiger partial charge in [-0.05, 0) is 41.8 Å². The summed E-state index contributed by atoms with van der Waals surface area (Å²) in [5.41, 5.74) is 5.83. The molecular formula is C22H18N6. The van der Waals surface area contributed by atoms with Crippen LogP contribution < -0.4 is 5.32 Å². The van der Waals surface area contributed by atoms with Crippen LogP contribution in [-0.2, 0) is 0 Å². The van der Waals surface area contributed by atoms with Gasteiger partial charge in [0.2, 0.25) is 0 Å². The SMILES string of the molecule is C[C@@H](Nc1cnc2cc(-c3ccnc4[nH]ncc34)ccc2n1)c1ccccc1. The Morgan fingerprint density at radius 2 is 1.82 bits per heavy atom. The zero-order chi connectivity index (χ0) is 18.9. The van der Waals surface area contributed by atoms with Gasteiger partial charge in [0.1, 0.15) is 5.82 Å². The molecule has 0 aliphatic rings. The fourth-order valence-corrected chi connectivity index (χ4v) is 3.40. The van der Waals surface area contributed by atoms with E-state index >= 15 is 0 Å². The number of hydrogen-bond donors (Lipinski definition) is 2. The average Bonchev–Trinajstić information content (AvgIpc) is 3.23. The number of pyridine rings is 1. The fourth-order valence-electron chi connectivity index (χ4n) is 3.40. The summed E-state index contributed by atoms with van der Waals surface area (Å²) < 4.78 is 0.